The summed E-state index contributed by atoms with van der Waals surface area (Å²) in [5.41, 5.74) is 1.01. The molecule has 3 nitrogen and oxygen atoms in total. The van der Waals surface area contributed by atoms with Gasteiger partial charge in [0.1, 0.15) is 0 Å². The molecule has 2 unspecified atom stereocenters. The molecule has 1 rings (SSSR count). The molecule has 0 saturated carbocycles. The number of hydrogen-bond donors (Lipinski definition) is 0. The van der Waals surface area contributed by atoms with Gasteiger partial charge in [-0.1, -0.05) is 18.7 Å². The van der Waals surface area contributed by atoms with Crippen LogP contribution in [0.4, 0.5) is 0 Å². The first-order valence-corrected chi connectivity index (χ1v) is 6.85. The number of carbonyl (C=O) groups is 1. The maximum absolute atomic E-state index is 11.5. The van der Waals surface area contributed by atoms with Gasteiger partial charge in [-0.05, 0) is 30.7 Å². The van der Waals surface area contributed by atoms with E-state index in [4.69, 9.17) is 0 Å². The number of carbonyl (C=O) groups excluding carboxylic acids is 1. The highest BCUT2D eigenvalue weighted by Gasteiger charge is 2.14. The zero-order valence-corrected chi connectivity index (χ0v) is 11.2. The third-order valence-corrected chi connectivity index (χ3v) is 3.73. The molecule has 0 saturated heterocycles. The van der Waals surface area contributed by atoms with Gasteiger partial charge in [-0.25, -0.2) is 0 Å². The summed E-state index contributed by atoms with van der Waals surface area (Å²) in [4.78, 5) is 13.9. The maximum atomic E-state index is 11.5. The number of benzene rings is 1. The molecule has 0 heterocycles. The molecule has 0 N–H and O–H groups in total. The molecule has 1 aromatic carbocycles. The molecule has 0 fully saturated rings. The highest BCUT2D eigenvalue weighted by molar-refractivity contribution is 7.84. The Bertz CT molecular complexity index is 439. The fourth-order valence-electron chi connectivity index (χ4n) is 1.50. The van der Waals surface area contributed by atoms with E-state index in [0.29, 0.717) is 0 Å². The summed E-state index contributed by atoms with van der Waals surface area (Å²) < 4.78 is 11.2. The van der Waals surface area contributed by atoms with Crippen molar-refractivity contribution in [3.8, 4) is 0 Å². The average molecular weight is 251 g/mol. The maximum Gasteiger partial charge on any atom is 0.246 e. The van der Waals surface area contributed by atoms with Crippen LogP contribution in [0, 0.1) is 0 Å². The van der Waals surface area contributed by atoms with E-state index in [2.05, 4.69) is 6.58 Å². The lowest BCUT2D eigenvalue weighted by atomic mass is 10.1. The third-order valence-electron chi connectivity index (χ3n) is 2.80. The van der Waals surface area contributed by atoms with Crippen molar-refractivity contribution in [2.45, 2.75) is 17.9 Å². The van der Waals surface area contributed by atoms with E-state index in [1.165, 1.54) is 6.08 Å². The number of likely N-dealkylation sites (N-methyl/N-ethyl adjacent to an activating group) is 1. The Morgan fingerprint density at radius 1 is 1.41 bits per heavy atom. The molecule has 0 spiro atoms. The van der Waals surface area contributed by atoms with Crippen molar-refractivity contribution in [1.82, 2.24) is 4.90 Å². The van der Waals surface area contributed by atoms with Crippen LogP contribution in [0.2, 0.25) is 0 Å². The first-order chi connectivity index (χ1) is 7.97. The van der Waals surface area contributed by atoms with Gasteiger partial charge in [-0.3, -0.25) is 9.00 Å². The highest BCUT2D eigenvalue weighted by Crippen LogP contribution is 2.20. The average Bonchev–Trinajstić information content (AvgIpc) is 2.36. The summed E-state index contributed by atoms with van der Waals surface area (Å²) in [5.74, 6) is -0.111. The minimum atomic E-state index is -0.968. The van der Waals surface area contributed by atoms with Crippen LogP contribution in [0.1, 0.15) is 18.5 Å². The summed E-state index contributed by atoms with van der Waals surface area (Å²) in [6.07, 6.45) is 2.94. The lowest BCUT2D eigenvalue weighted by molar-refractivity contribution is -0.126. The first-order valence-electron chi connectivity index (χ1n) is 5.30. The van der Waals surface area contributed by atoms with Gasteiger partial charge >= 0.3 is 0 Å². The number of nitrogens with zero attached hydrogens (tertiary/aromatic N) is 1. The SMILES string of the molecule is C=CC(=O)N(C)C(C)c1ccc(S(C)=O)cc1. The van der Waals surface area contributed by atoms with E-state index in [1.807, 2.05) is 31.2 Å². The quantitative estimate of drug-likeness (QED) is 0.769. The zero-order chi connectivity index (χ0) is 13.0. The van der Waals surface area contributed by atoms with Gasteiger partial charge < -0.3 is 4.90 Å². The van der Waals surface area contributed by atoms with Gasteiger partial charge in [0.15, 0.2) is 0 Å². The molecule has 0 radical (unpaired) electrons. The van der Waals surface area contributed by atoms with E-state index in [0.717, 1.165) is 10.5 Å². The number of amides is 1. The Morgan fingerprint density at radius 3 is 2.35 bits per heavy atom. The molecular weight excluding hydrogens is 234 g/mol. The Labute approximate surface area is 105 Å². The van der Waals surface area contributed by atoms with Crippen LogP contribution in [0.25, 0.3) is 0 Å². The van der Waals surface area contributed by atoms with Gasteiger partial charge in [-0.2, -0.15) is 0 Å². The van der Waals surface area contributed by atoms with E-state index >= 15 is 0 Å². The first kappa shape index (κ1) is 13.6. The highest BCUT2D eigenvalue weighted by atomic mass is 32.2. The fourth-order valence-corrected chi connectivity index (χ4v) is 2.02. The summed E-state index contributed by atoms with van der Waals surface area (Å²) in [6.45, 7) is 5.41. The Morgan fingerprint density at radius 2 is 1.94 bits per heavy atom. The molecule has 0 bridgehead atoms. The lowest BCUT2D eigenvalue weighted by Gasteiger charge is -2.24. The lowest BCUT2D eigenvalue weighted by Crippen LogP contribution is -2.27. The van der Waals surface area contributed by atoms with E-state index in [-0.39, 0.29) is 11.9 Å². The number of hydrogen-bond acceptors (Lipinski definition) is 2. The van der Waals surface area contributed by atoms with Crippen molar-refractivity contribution in [3.05, 3.63) is 42.5 Å². The largest absolute Gasteiger partial charge is 0.335 e. The molecule has 92 valence electrons. The Hall–Kier alpha value is -1.42. The summed E-state index contributed by atoms with van der Waals surface area (Å²) in [6, 6.07) is 7.42. The van der Waals surface area contributed by atoms with Crippen molar-refractivity contribution < 1.29 is 9.00 Å². The molecule has 2 atom stereocenters. The van der Waals surface area contributed by atoms with Crippen molar-refractivity contribution in [3.63, 3.8) is 0 Å². The minimum absolute atomic E-state index is 0.0279. The normalized spacial score (nSPS) is 13.8. The Kier molecular flexibility index (Phi) is 4.63. The van der Waals surface area contributed by atoms with Crippen molar-refractivity contribution in [2.75, 3.05) is 13.3 Å². The van der Waals surface area contributed by atoms with Crippen molar-refractivity contribution >= 4 is 16.7 Å². The summed E-state index contributed by atoms with van der Waals surface area (Å²) >= 11 is 0. The summed E-state index contributed by atoms with van der Waals surface area (Å²) in [7, 11) is 0.768. The molecule has 0 aliphatic rings. The standard InChI is InChI=1S/C13H17NO2S/c1-5-13(15)14(3)10(2)11-6-8-12(9-7-11)17(4)16/h5-10H,1H2,2-4H3. The van der Waals surface area contributed by atoms with Crippen molar-refractivity contribution in [2.24, 2.45) is 0 Å². The van der Waals surface area contributed by atoms with Gasteiger partial charge in [0.2, 0.25) is 5.91 Å². The van der Waals surface area contributed by atoms with Gasteiger partial charge in [0, 0.05) is 29.0 Å². The molecule has 0 aromatic heterocycles. The summed E-state index contributed by atoms with van der Waals surface area (Å²) in [5, 5.41) is 0. The molecule has 1 aromatic rings. The second-order valence-electron chi connectivity index (χ2n) is 3.85. The monoisotopic (exact) mass is 251 g/mol. The molecule has 17 heavy (non-hydrogen) atoms. The van der Waals surface area contributed by atoms with Crippen LogP contribution in [0.15, 0.2) is 41.8 Å². The van der Waals surface area contributed by atoms with Gasteiger partial charge in [0.25, 0.3) is 0 Å². The third kappa shape index (κ3) is 3.27. The molecule has 1 amide bonds. The molecule has 0 aliphatic carbocycles. The predicted octanol–water partition coefficient (Wildman–Crippen LogP) is 2.13. The van der Waals surface area contributed by atoms with Crippen LogP contribution in [0.5, 0.6) is 0 Å². The second-order valence-corrected chi connectivity index (χ2v) is 5.23. The smallest absolute Gasteiger partial charge is 0.246 e. The molecular formula is C13H17NO2S. The van der Waals surface area contributed by atoms with Crippen LogP contribution < -0.4 is 0 Å². The second kappa shape index (κ2) is 5.77. The Balaban J connectivity index is 2.89. The van der Waals surface area contributed by atoms with E-state index in [9.17, 15) is 9.00 Å². The zero-order valence-electron chi connectivity index (χ0n) is 10.3. The van der Waals surface area contributed by atoms with Crippen molar-refractivity contribution in [1.29, 1.82) is 0 Å². The van der Waals surface area contributed by atoms with Crippen LogP contribution >= 0.6 is 0 Å². The molecule has 4 heteroatoms. The topological polar surface area (TPSA) is 37.4 Å². The van der Waals surface area contributed by atoms with Crippen LogP contribution in [0.3, 0.4) is 0 Å². The van der Waals surface area contributed by atoms with Crippen LogP contribution in [-0.4, -0.2) is 28.3 Å². The predicted molar refractivity (Wildman–Crippen MR) is 70.2 cm³/mol. The minimum Gasteiger partial charge on any atom is -0.335 e. The van der Waals surface area contributed by atoms with Gasteiger partial charge in [-0.15, -0.1) is 0 Å². The van der Waals surface area contributed by atoms with Crippen LogP contribution in [-0.2, 0) is 15.6 Å². The van der Waals surface area contributed by atoms with Gasteiger partial charge in [0.05, 0.1) is 6.04 Å². The number of rotatable bonds is 4. The van der Waals surface area contributed by atoms with E-state index < -0.39 is 10.8 Å². The molecule has 0 aliphatic heterocycles. The fraction of sp³-hybridized carbons (Fsp3) is 0.308. The van der Waals surface area contributed by atoms with E-state index in [1.54, 1.807) is 18.2 Å².